The molecular weight excluding hydrogens is 344 g/mol. The highest BCUT2D eigenvalue weighted by atomic mass is 32.2. The Morgan fingerprint density at radius 2 is 1.90 bits per heavy atom. The molecule has 0 radical (unpaired) electrons. The highest BCUT2D eigenvalue weighted by molar-refractivity contribution is 7.92. The van der Waals surface area contributed by atoms with Crippen molar-refractivity contribution < 1.29 is 21.8 Å². The van der Waals surface area contributed by atoms with Crippen molar-refractivity contribution in [2.45, 2.75) is 4.21 Å². The van der Waals surface area contributed by atoms with Gasteiger partial charge >= 0.3 is 5.69 Å². The van der Waals surface area contributed by atoms with Crippen molar-refractivity contribution in [2.75, 3.05) is 31.7 Å². The first-order valence-electron chi connectivity index (χ1n) is 5.50. The van der Waals surface area contributed by atoms with Crippen molar-refractivity contribution in [2.24, 2.45) is 0 Å². The summed E-state index contributed by atoms with van der Waals surface area (Å²) in [4.78, 5) is 10.1. The van der Waals surface area contributed by atoms with E-state index in [-0.39, 0.29) is 21.4 Å². The maximum atomic E-state index is 11.9. The second-order valence-electron chi connectivity index (χ2n) is 3.71. The third-order valence-electron chi connectivity index (χ3n) is 2.35. The molecule has 0 aliphatic heterocycles. The normalized spacial score (nSPS) is 12.3. The SMILES string of the molecule is CNc1sc(S(=O)(=O)NCCS(=O)(=O)NC)cc1[N+](=O)[O-]. The fourth-order valence-corrected chi connectivity index (χ4v) is 4.35. The molecule has 3 N–H and O–H groups in total. The van der Waals surface area contributed by atoms with Gasteiger partial charge in [-0.25, -0.2) is 26.3 Å². The van der Waals surface area contributed by atoms with Gasteiger partial charge in [-0.1, -0.05) is 11.3 Å². The molecule has 0 bridgehead atoms. The molecule has 0 saturated heterocycles. The van der Waals surface area contributed by atoms with Crippen LogP contribution < -0.4 is 14.8 Å². The molecule has 13 heteroatoms. The molecule has 21 heavy (non-hydrogen) atoms. The summed E-state index contributed by atoms with van der Waals surface area (Å²) >= 11 is 0.690. The third kappa shape index (κ3) is 4.60. The molecule has 0 amide bonds. The molecule has 120 valence electrons. The Kier molecular flexibility index (Phi) is 5.63. The maximum Gasteiger partial charge on any atom is 0.304 e. The molecule has 0 aromatic carbocycles. The summed E-state index contributed by atoms with van der Waals surface area (Å²) in [5.74, 6) is -0.435. The summed E-state index contributed by atoms with van der Waals surface area (Å²) in [6.45, 7) is -0.341. The van der Waals surface area contributed by atoms with E-state index in [4.69, 9.17) is 0 Å². The van der Waals surface area contributed by atoms with Crippen LogP contribution in [-0.2, 0) is 20.0 Å². The van der Waals surface area contributed by atoms with Crippen molar-refractivity contribution in [3.8, 4) is 0 Å². The van der Waals surface area contributed by atoms with Crippen molar-refractivity contribution in [1.29, 1.82) is 0 Å². The van der Waals surface area contributed by atoms with E-state index in [1.54, 1.807) is 0 Å². The molecular formula is C8H14N4O6S3. The van der Waals surface area contributed by atoms with Gasteiger partial charge in [-0.15, -0.1) is 0 Å². The zero-order valence-corrected chi connectivity index (χ0v) is 13.6. The zero-order chi connectivity index (χ0) is 16.3. The Morgan fingerprint density at radius 3 is 2.33 bits per heavy atom. The van der Waals surface area contributed by atoms with Crippen LogP contribution in [0.3, 0.4) is 0 Å². The van der Waals surface area contributed by atoms with E-state index < -0.39 is 30.7 Å². The van der Waals surface area contributed by atoms with Gasteiger partial charge in [0, 0.05) is 19.7 Å². The number of sulfonamides is 2. The lowest BCUT2D eigenvalue weighted by molar-refractivity contribution is -0.383. The topological polar surface area (TPSA) is 148 Å². The minimum Gasteiger partial charge on any atom is -0.374 e. The first-order chi connectivity index (χ1) is 9.63. The van der Waals surface area contributed by atoms with Gasteiger partial charge in [-0.05, 0) is 7.05 Å². The van der Waals surface area contributed by atoms with Crippen molar-refractivity contribution in [3.63, 3.8) is 0 Å². The molecule has 10 nitrogen and oxygen atoms in total. The van der Waals surface area contributed by atoms with Gasteiger partial charge in [0.15, 0.2) is 5.00 Å². The van der Waals surface area contributed by atoms with Crippen LogP contribution in [0, 0.1) is 10.1 Å². The molecule has 0 aliphatic carbocycles. The van der Waals surface area contributed by atoms with Crippen LogP contribution in [0.25, 0.3) is 0 Å². The van der Waals surface area contributed by atoms with Crippen LogP contribution in [-0.4, -0.2) is 48.2 Å². The molecule has 1 rings (SSSR count). The van der Waals surface area contributed by atoms with E-state index in [2.05, 4.69) is 10.0 Å². The van der Waals surface area contributed by atoms with Crippen LogP contribution in [0.4, 0.5) is 10.7 Å². The van der Waals surface area contributed by atoms with Crippen molar-refractivity contribution in [3.05, 3.63) is 16.2 Å². The van der Waals surface area contributed by atoms with E-state index in [1.165, 1.54) is 14.1 Å². The molecule has 1 heterocycles. The van der Waals surface area contributed by atoms with E-state index in [0.29, 0.717) is 11.3 Å². The zero-order valence-electron chi connectivity index (χ0n) is 11.1. The molecule has 0 fully saturated rings. The third-order valence-corrected chi connectivity index (χ3v) is 6.79. The Morgan fingerprint density at radius 1 is 1.29 bits per heavy atom. The number of nitrogens with zero attached hydrogens (tertiary/aromatic N) is 1. The molecule has 1 aromatic heterocycles. The molecule has 0 saturated carbocycles. The number of hydrogen-bond acceptors (Lipinski definition) is 8. The fraction of sp³-hybridized carbons (Fsp3) is 0.500. The van der Waals surface area contributed by atoms with E-state index in [1.807, 2.05) is 4.72 Å². The number of anilines is 1. The van der Waals surface area contributed by atoms with Gasteiger partial charge in [0.2, 0.25) is 20.0 Å². The lowest BCUT2D eigenvalue weighted by Gasteiger charge is -2.04. The molecule has 0 aliphatic rings. The van der Waals surface area contributed by atoms with E-state index in [9.17, 15) is 26.9 Å². The Bertz CT molecular complexity index is 723. The average molecular weight is 358 g/mol. The van der Waals surface area contributed by atoms with E-state index in [0.717, 1.165) is 6.07 Å². The van der Waals surface area contributed by atoms with Gasteiger partial charge < -0.3 is 5.32 Å². The predicted octanol–water partition coefficient (Wildman–Crippen LogP) is -0.474. The highest BCUT2D eigenvalue weighted by Gasteiger charge is 2.25. The number of hydrogen-bond donors (Lipinski definition) is 3. The van der Waals surface area contributed by atoms with Crippen molar-refractivity contribution in [1.82, 2.24) is 9.44 Å². The first kappa shape index (κ1) is 17.8. The molecule has 0 spiro atoms. The predicted molar refractivity (Wildman–Crippen MR) is 78.6 cm³/mol. The number of rotatable bonds is 8. The smallest absolute Gasteiger partial charge is 0.304 e. The number of nitro groups is 1. The number of thiophene rings is 1. The average Bonchev–Trinajstić information content (AvgIpc) is 2.83. The summed E-state index contributed by atoms with van der Waals surface area (Å²) in [6.07, 6.45) is 0. The van der Waals surface area contributed by atoms with Crippen molar-refractivity contribution >= 4 is 42.1 Å². The van der Waals surface area contributed by atoms with Crippen LogP contribution in [0.1, 0.15) is 0 Å². The fourth-order valence-electron chi connectivity index (χ4n) is 1.29. The lowest BCUT2D eigenvalue weighted by Crippen LogP contribution is -2.32. The minimum absolute atomic E-state index is 0.100. The summed E-state index contributed by atoms with van der Waals surface area (Å²) in [6, 6.07) is 0.922. The van der Waals surface area contributed by atoms with Gasteiger partial charge in [-0.3, -0.25) is 10.1 Å². The summed E-state index contributed by atoms with van der Waals surface area (Å²) < 4.78 is 50.1. The summed E-state index contributed by atoms with van der Waals surface area (Å²) in [7, 11) is -4.90. The lowest BCUT2D eigenvalue weighted by atomic mass is 10.5. The van der Waals surface area contributed by atoms with E-state index >= 15 is 0 Å². The standard InChI is InChI=1S/C8H14N4O6S3/c1-9-8-6(12(13)14)5-7(19-8)21(17,18)11-3-4-20(15,16)10-2/h5,9-11H,3-4H2,1-2H3. The van der Waals surface area contributed by atoms with Crippen LogP contribution in [0.5, 0.6) is 0 Å². The first-order valence-corrected chi connectivity index (χ1v) is 9.45. The van der Waals surface area contributed by atoms with Crippen LogP contribution in [0.2, 0.25) is 0 Å². The molecule has 0 atom stereocenters. The molecule has 1 aromatic rings. The Labute approximate surface area is 125 Å². The largest absolute Gasteiger partial charge is 0.374 e. The Hall–Kier alpha value is -1.28. The monoisotopic (exact) mass is 358 g/mol. The van der Waals surface area contributed by atoms with Gasteiger partial charge in [0.05, 0.1) is 10.7 Å². The second-order valence-corrected chi connectivity index (χ2v) is 8.80. The van der Waals surface area contributed by atoms with Gasteiger partial charge in [-0.2, -0.15) is 0 Å². The highest BCUT2D eigenvalue weighted by Crippen LogP contribution is 2.36. The summed E-state index contributed by atoms with van der Waals surface area (Å²) in [5.41, 5.74) is -0.356. The van der Waals surface area contributed by atoms with Gasteiger partial charge in [0.25, 0.3) is 0 Å². The second kappa shape index (κ2) is 6.65. The van der Waals surface area contributed by atoms with Crippen LogP contribution in [0.15, 0.2) is 10.3 Å². The number of nitrogens with one attached hydrogen (secondary N) is 3. The quantitative estimate of drug-likeness (QED) is 0.420. The maximum absolute atomic E-state index is 11.9. The minimum atomic E-state index is -4.00. The summed E-state index contributed by atoms with van der Waals surface area (Å²) in [5, 5.41) is 13.4. The molecule has 0 unspecified atom stereocenters. The Balaban J connectivity index is 2.91. The van der Waals surface area contributed by atoms with Gasteiger partial charge in [0.1, 0.15) is 4.21 Å². The van der Waals surface area contributed by atoms with Crippen LogP contribution >= 0.6 is 11.3 Å².